The molecule has 36 rings (SSSR count). The molecule has 0 N–H and O–H groups in total. The molecule has 0 radical (unpaired) electrons. The number of benzene rings is 20. The van der Waals surface area contributed by atoms with Crippen LogP contribution in [0.1, 0.15) is 0 Å². The van der Waals surface area contributed by atoms with Crippen LogP contribution in [0.15, 0.2) is 423 Å². The molecule has 16 heterocycles. The van der Waals surface area contributed by atoms with Gasteiger partial charge >= 0.3 is 0 Å². The molecule has 16 aromatic heterocycles. The predicted octanol–water partition coefficient (Wildman–Crippen LogP) is 36.9. The van der Waals surface area contributed by atoms with E-state index in [4.69, 9.17) is 8.83 Å². The number of para-hydroxylation sites is 7. The van der Waals surface area contributed by atoms with Crippen molar-refractivity contribution in [2.75, 3.05) is 0 Å². The molecule has 20 heteroatoms. The molecule has 148 heavy (non-hydrogen) atoms. The number of hydrogen-bond acceptors (Lipinski definition) is 16. The zero-order valence-electron chi connectivity index (χ0n) is 77.9. The Balaban J connectivity index is 0.0000000859. The van der Waals surface area contributed by atoms with E-state index in [1.54, 1.807) is 37.4 Å². The summed E-state index contributed by atoms with van der Waals surface area (Å²) in [5, 5.41) is 32.1. The highest BCUT2D eigenvalue weighted by atomic mass is 32.1. The van der Waals surface area contributed by atoms with Gasteiger partial charge in [-0.05, 0) is 140 Å². The molecular weight excluding hydrogens is 1930 g/mol. The Labute approximate surface area is 860 Å². The monoisotopic (exact) mass is 2000 g/mol. The van der Waals surface area contributed by atoms with Crippen molar-refractivity contribution in [2.45, 2.75) is 0 Å². The van der Waals surface area contributed by atoms with Crippen LogP contribution in [0.5, 0.6) is 0 Å². The molecule has 0 bridgehead atoms. The quantitative estimate of drug-likeness (QED) is 0.167. The van der Waals surface area contributed by atoms with Crippen LogP contribution >= 0.6 is 68.0 Å². The molecule has 688 valence electrons. The fourth-order valence-corrected chi connectivity index (χ4v) is 30.9. The summed E-state index contributed by atoms with van der Waals surface area (Å²) < 4.78 is 37.8. The van der Waals surface area contributed by atoms with E-state index in [9.17, 15) is 0 Å². The van der Waals surface area contributed by atoms with E-state index in [-0.39, 0.29) is 0 Å². The highest BCUT2D eigenvalue weighted by molar-refractivity contribution is 7.29. The number of furan rings is 2. The van der Waals surface area contributed by atoms with Crippen LogP contribution in [-0.2, 0) is 0 Å². The standard InChI is InChI=1S/2C32H17N3OS.2C32H17N3S2/c1-3-9-26-18(6-1)20-12-13-22-23-16-24-25(34-15-14-33-24)17-29(23)37-32(22)30(20)35(26)27-10-5-8-21-19-7-2-4-11-28(19)36-31(21)27;1-3-7-27-20(5-1)22-10-11-23-25-13-18-16-33-17-34-26(18)15-30(25)37-32(23)31(22)35(27)19-9-12-29-24(14-19)21-6-2-4-8-28(21)36-29;1-3-9-26-18(6-1)20-12-13-22-23-16-24-25(34-15-14-33-24)17-29(23)37-32(22)30(20)35(26)27-10-5-8-21-19-7-2-4-11-28(19)36-31(21)27;1-3-7-27-20(5-1)23-11-12-24-25-13-18-16-33-17-34-26(18)15-30(25)37-32(24)31(23)35(27)19-9-10-22-21-6-2-4-8-28(21)36-29(22)14-19/h4*1-17H. The maximum absolute atomic E-state index is 6.49. The Bertz CT molecular complexity index is 11800. The van der Waals surface area contributed by atoms with Gasteiger partial charge < -0.3 is 27.1 Å². The van der Waals surface area contributed by atoms with Crippen molar-refractivity contribution in [3.8, 4) is 22.7 Å². The maximum atomic E-state index is 6.49. The molecule has 20 aromatic carbocycles. The fraction of sp³-hybridized carbons (Fsp3) is 0. The summed E-state index contributed by atoms with van der Waals surface area (Å²) in [6.45, 7) is 0. The van der Waals surface area contributed by atoms with Gasteiger partial charge in [-0.1, -0.05) is 224 Å². The van der Waals surface area contributed by atoms with E-state index >= 15 is 0 Å². The second kappa shape index (κ2) is 31.7. The van der Waals surface area contributed by atoms with E-state index in [1.807, 2.05) is 105 Å². The molecule has 0 unspecified atom stereocenters. The summed E-state index contributed by atoms with van der Waals surface area (Å²) in [6, 6.07) is 131. The van der Waals surface area contributed by atoms with Crippen LogP contribution in [0.4, 0.5) is 0 Å². The highest BCUT2D eigenvalue weighted by Gasteiger charge is 2.28. The van der Waals surface area contributed by atoms with Crippen molar-refractivity contribution in [3.63, 3.8) is 0 Å². The van der Waals surface area contributed by atoms with Gasteiger partial charge in [-0.3, -0.25) is 19.9 Å². The van der Waals surface area contributed by atoms with Crippen molar-refractivity contribution in [2.24, 2.45) is 0 Å². The number of aromatic nitrogens is 12. The van der Waals surface area contributed by atoms with Crippen LogP contribution in [0.25, 0.3) is 319 Å². The molecule has 0 atom stereocenters. The molecule has 0 aliphatic heterocycles. The van der Waals surface area contributed by atoms with Gasteiger partial charge in [0.25, 0.3) is 0 Å². The van der Waals surface area contributed by atoms with E-state index in [0.29, 0.717) is 0 Å². The lowest BCUT2D eigenvalue weighted by Gasteiger charge is -2.10. The minimum absolute atomic E-state index is 0.906. The first-order chi connectivity index (χ1) is 73.4. The van der Waals surface area contributed by atoms with Gasteiger partial charge in [0.2, 0.25) is 0 Å². The molecule has 0 aliphatic carbocycles. The van der Waals surface area contributed by atoms with Crippen LogP contribution in [0.3, 0.4) is 0 Å². The van der Waals surface area contributed by atoms with Crippen LogP contribution in [0, 0.1) is 0 Å². The number of rotatable bonds is 4. The molecule has 0 saturated carbocycles. The molecule has 0 saturated heterocycles. The molecule has 14 nitrogen and oxygen atoms in total. The minimum Gasteiger partial charge on any atom is -0.456 e. The lowest BCUT2D eigenvalue weighted by molar-refractivity contribution is 0.666. The maximum Gasteiger partial charge on any atom is 0.159 e. The number of nitrogens with zero attached hydrogens (tertiary/aromatic N) is 12. The zero-order valence-corrected chi connectivity index (χ0v) is 82.8. The Morgan fingerprint density at radius 1 is 0.189 bits per heavy atom. The topological polar surface area (TPSA) is 149 Å². The van der Waals surface area contributed by atoms with Gasteiger partial charge in [0, 0.05) is 221 Å². The smallest absolute Gasteiger partial charge is 0.159 e. The minimum atomic E-state index is 0.906. The van der Waals surface area contributed by atoms with Crippen LogP contribution in [0.2, 0.25) is 0 Å². The fourth-order valence-electron chi connectivity index (χ4n) is 23.6. The lowest BCUT2D eigenvalue weighted by atomic mass is 10.1. The summed E-state index contributed by atoms with van der Waals surface area (Å²) >= 11 is 11.1. The Morgan fingerprint density at radius 3 is 1.03 bits per heavy atom. The molecule has 0 aliphatic rings. The summed E-state index contributed by atoms with van der Waals surface area (Å²) in [5.74, 6) is 0. The van der Waals surface area contributed by atoms with Gasteiger partial charge in [0.15, 0.2) is 5.58 Å². The third kappa shape index (κ3) is 12.1. The highest BCUT2D eigenvalue weighted by Crippen LogP contribution is 2.53. The van der Waals surface area contributed by atoms with Crippen molar-refractivity contribution in [1.29, 1.82) is 0 Å². The number of thiophene rings is 6. The molecule has 0 spiro atoms. The van der Waals surface area contributed by atoms with E-state index in [2.05, 4.69) is 398 Å². The third-order valence-corrected chi connectivity index (χ3v) is 37.1. The first-order valence-corrected chi connectivity index (χ1v) is 53.9. The summed E-state index contributed by atoms with van der Waals surface area (Å²) in [7, 11) is 0. The molecule has 0 amide bonds. The SMILES string of the molecule is c1ccc2c(c1)oc1c(-n3c4ccccc4c4ccc5c6cc7nccnc7cc6sc5c43)cccc12.c1ccc2c(c1)oc1ccc(-n3c4ccccc4c4ccc5c6cc7cncnc7cc6sc5c43)cc12.c1ccc2c(c1)sc1c(-n3c4ccccc4c4ccc5c6cc7nccnc7cc6sc5c43)cccc12.c1ccc2c(c1)sc1cc(-n3c4ccccc4c4ccc5c6cc7cncnc7cc6sc5c43)ccc12. The van der Waals surface area contributed by atoms with E-state index in [1.165, 1.54) is 220 Å². The van der Waals surface area contributed by atoms with Crippen molar-refractivity contribution < 1.29 is 8.83 Å². The first kappa shape index (κ1) is 82.3. The second-order valence-corrected chi connectivity index (χ2v) is 44.2. The lowest BCUT2D eigenvalue weighted by Crippen LogP contribution is -1.94. The summed E-state index contributed by atoms with van der Waals surface area (Å²) in [5.41, 5.74) is 23.8. The summed E-state index contributed by atoms with van der Waals surface area (Å²) in [6.07, 6.45) is 14.1. The Morgan fingerprint density at radius 2 is 0.520 bits per heavy atom. The average Bonchev–Trinajstić information content (AvgIpc) is 1.52. The van der Waals surface area contributed by atoms with Crippen molar-refractivity contribution in [1.82, 2.24) is 58.1 Å². The van der Waals surface area contributed by atoms with Crippen molar-refractivity contribution in [3.05, 3.63) is 414 Å². The largest absolute Gasteiger partial charge is 0.456 e. The first-order valence-electron chi connectivity index (χ1n) is 49.0. The Hall–Kier alpha value is -18.1. The molecule has 36 aromatic rings. The number of fused-ring (bicyclic) bond motifs is 44. The second-order valence-electron chi connectivity index (χ2n) is 37.9. The van der Waals surface area contributed by atoms with Crippen LogP contribution in [-0.4, -0.2) is 58.1 Å². The van der Waals surface area contributed by atoms with Gasteiger partial charge in [0.1, 0.15) is 29.4 Å². The van der Waals surface area contributed by atoms with Crippen molar-refractivity contribution >= 4 is 364 Å². The average molecular weight is 2000 g/mol. The normalized spacial score (nSPS) is 12.3. The van der Waals surface area contributed by atoms with Gasteiger partial charge in [-0.15, -0.1) is 68.0 Å². The Kier molecular flexibility index (Phi) is 17.6. The van der Waals surface area contributed by atoms with Gasteiger partial charge in [-0.2, -0.15) is 0 Å². The predicted molar refractivity (Wildman–Crippen MR) is 627 cm³/mol. The summed E-state index contributed by atoms with van der Waals surface area (Å²) in [4.78, 5) is 35.7. The van der Waals surface area contributed by atoms with E-state index in [0.717, 1.165) is 99.1 Å². The third-order valence-electron chi connectivity index (χ3n) is 30.0. The zero-order chi connectivity index (χ0) is 96.3. The van der Waals surface area contributed by atoms with Gasteiger partial charge in [0.05, 0.1) is 112 Å². The molecule has 0 fully saturated rings. The van der Waals surface area contributed by atoms with E-state index < -0.39 is 0 Å². The van der Waals surface area contributed by atoms with Crippen LogP contribution < -0.4 is 0 Å². The van der Waals surface area contributed by atoms with Gasteiger partial charge in [-0.25, -0.2) is 19.9 Å². The number of hydrogen-bond donors (Lipinski definition) is 0. The molecular formula is C128H68N12O2S6.